The highest BCUT2D eigenvalue weighted by atomic mass is 14.9. The SMILES string of the molecule is CC1=C(C(N)=NC(=N)c2ccc(C)cc2C)C=CC(C)[C@@H]1C. The third-order valence-corrected chi connectivity index (χ3v) is 4.61. The molecule has 3 N–H and O–H groups in total. The van der Waals surface area contributed by atoms with E-state index >= 15 is 0 Å². The molecular weight excluding hydrogens is 270 g/mol. The lowest BCUT2D eigenvalue weighted by molar-refractivity contribution is 0.520. The molecule has 1 aromatic rings. The molecule has 1 aliphatic rings. The van der Waals surface area contributed by atoms with Crippen LogP contribution in [-0.2, 0) is 0 Å². The van der Waals surface area contributed by atoms with Crippen molar-refractivity contribution in [3.05, 3.63) is 58.2 Å². The van der Waals surface area contributed by atoms with Crippen molar-refractivity contribution in [2.24, 2.45) is 22.6 Å². The summed E-state index contributed by atoms with van der Waals surface area (Å²) in [5.41, 5.74) is 11.4. The monoisotopic (exact) mass is 295 g/mol. The molecule has 0 amide bonds. The lowest BCUT2D eigenvalue weighted by Gasteiger charge is -2.24. The number of nitrogens with zero attached hydrogens (tertiary/aromatic N) is 1. The highest BCUT2D eigenvalue weighted by Crippen LogP contribution is 2.29. The first-order chi connectivity index (χ1) is 10.3. The van der Waals surface area contributed by atoms with Crippen molar-refractivity contribution in [2.45, 2.75) is 34.6 Å². The molecule has 1 aliphatic carbocycles. The number of rotatable bonds is 2. The number of nitrogens with one attached hydrogen (secondary N) is 1. The number of benzene rings is 1. The Morgan fingerprint density at radius 2 is 1.86 bits per heavy atom. The van der Waals surface area contributed by atoms with Gasteiger partial charge < -0.3 is 5.73 Å². The van der Waals surface area contributed by atoms with Crippen molar-refractivity contribution >= 4 is 11.7 Å². The van der Waals surface area contributed by atoms with Gasteiger partial charge >= 0.3 is 0 Å². The fourth-order valence-corrected chi connectivity index (χ4v) is 2.79. The summed E-state index contributed by atoms with van der Waals surface area (Å²) in [4.78, 5) is 4.34. The summed E-state index contributed by atoms with van der Waals surface area (Å²) in [5, 5.41) is 8.23. The summed E-state index contributed by atoms with van der Waals surface area (Å²) in [6, 6.07) is 5.99. The molecule has 0 saturated carbocycles. The van der Waals surface area contributed by atoms with Crippen LogP contribution in [0.25, 0.3) is 0 Å². The Bertz CT molecular complexity index is 693. The molecule has 3 nitrogen and oxygen atoms in total. The normalized spacial score (nSPS) is 22.1. The van der Waals surface area contributed by atoms with E-state index in [4.69, 9.17) is 11.1 Å². The second kappa shape index (κ2) is 6.30. The third-order valence-electron chi connectivity index (χ3n) is 4.61. The second-order valence-electron chi connectivity index (χ2n) is 6.27. The highest BCUT2D eigenvalue weighted by molar-refractivity contribution is 6.11. The van der Waals surface area contributed by atoms with Gasteiger partial charge in [0.25, 0.3) is 0 Å². The average Bonchev–Trinajstić information content (AvgIpc) is 2.44. The number of nitrogens with two attached hydrogens (primary N) is 1. The lowest BCUT2D eigenvalue weighted by Crippen LogP contribution is -2.23. The second-order valence-corrected chi connectivity index (χ2v) is 6.27. The molecule has 0 bridgehead atoms. The maximum Gasteiger partial charge on any atom is 0.154 e. The summed E-state index contributed by atoms with van der Waals surface area (Å²) in [6.07, 6.45) is 4.20. The average molecular weight is 295 g/mol. The van der Waals surface area contributed by atoms with E-state index in [0.717, 1.165) is 16.7 Å². The largest absolute Gasteiger partial charge is 0.383 e. The minimum absolute atomic E-state index is 0.218. The standard InChI is InChI=1S/C19H25N3/c1-11-6-8-16(13(3)10-11)18(20)22-19(21)17-9-7-12(2)14(4)15(17)5/h6-10,12,14H,1-5H3,(H3,20,21,22)/t12?,14-/m0/s1. The van der Waals surface area contributed by atoms with Gasteiger partial charge in [-0.3, -0.25) is 5.41 Å². The lowest BCUT2D eigenvalue weighted by atomic mass is 9.82. The Labute approximate surface area is 133 Å². The fourth-order valence-electron chi connectivity index (χ4n) is 2.79. The van der Waals surface area contributed by atoms with Crippen molar-refractivity contribution in [3.63, 3.8) is 0 Å². The molecule has 2 rings (SSSR count). The van der Waals surface area contributed by atoms with Gasteiger partial charge in [0, 0.05) is 11.1 Å². The molecule has 0 spiro atoms. The summed E-state index contributed by atoms with van der Waals surface area (Å²) in [6.45, 7) is 10.5. The van der Waals surface area contributed by atoms with E-state index in [1.165, 1.54) is 11.1 Å². The Kier molecular flexibility index (Phi) is 4.65. The van der Waals surface area contributed by atoms with Crippen LogP contribution in [0.1, 0.15) is 37.5 Å². The number of aryl methyl sites for hydroxylation is 2. The highest BCUT2D eigenvalue weighted by Gasteiger charge is 2.20. The predicted molar refractivity (Wildman–Crippen MR) is 94.5 cm³/mol. The molecule has 0 saturated heterocycles. The van der Waals surface area contributed by atoms with Crippen LogP contribution >= 0.6 is 0 Å². The maximum absolute atomic E-state index is 8.23. The predicted octanol–water partition coefficient (Wildman–Crippen LogP) is 4.14. The van der Waals surface area contributed by atoms with Crippen molar-refractivity contribution in [3.8, 4) is 0 Å². The number of amidine groups is 2. The molecule has 0 aromatic heterocycles. The topological polar surface area (TPSA) is 62.2 Å². The molecule has 0 fully saturated rings. The number of allylic oxidation sites excluding steroid dienone is 2. The summed E-state index contributed by atoms with van der Waals surface area (Å²) < 4.78 is 0. The Morgan fingerprint density at radius 1 is 1.18 bits per heavy atom. The van der Waals surface area contributed by atoms with Gasteiger partial charge in [-0.2, -0.15) is 0 Å². The smallest absolute Gasteiger partial charge is 0.154 e. The van der Waals surface area contributed by atoms with Crippen molar-refractivity contribution in [1.29, 1.82) is 5.41 Å². The van der Waals surface area contributed by atoms with E-state index in [1.54, 1.807) is 0 Å². The first kappa shape index (κ1) is 16.2. The van der Waals surface area contributed by atoms with Gasteiger partial charge in [0.15, 0.2) is 5.84 Å². The summed E-state index contributed by atoms with van der Waals surface area (Å²) in [7, 11) is 0. The van der Waals surface area contributed by atoms with Crippen LogP contribution in [-0.4, -0.2) is 11.7 Å². The van der Waals surface area contributed by atoms with Crippen molar-refractivity contribution in [1.82, 2.24) is 0 Å². The van der Waals surface area contributed by atoms with Gasteiger partial charge in [-0.15, -0.1) is 0 Å². The maximum atomic E-state index is 8.23. The zero-order valence-electron chi connectivity index (χ0n) is 14.1. The minimum atomic E-state index is 0.218. The minimum Gasteiger partial charge on any atom is -0.383 e. The molecule has 1 aromatic carbocycles. The van der Waals surface area contributed by atoms with E-state index in [2.05, 4.69) is 37.9 Å². The first-order valence-corrected chi connectivity index (χ1v) is 7.71. The van der Waals surface area contributed by atoms with Crippen LogP contribution in [0.15, 0.2) is 46.5 Å². The van der Waals surface area contributed by atoms with E-state index in [9.17, 15) is 0 Å². The molecule has 116 valence electrons. The van der Waals surface area contributed by atoms with Crippen molar-refractivity contribution < 1.29 is 0 Å². The van der Waals surface area contributed by atoms with Crippen LogP contribution in [0.5, 0.6) is 0 Å². The summed E-state index contributed by atoms with van der Waals surface area (Å²) >= 11 is 0. The van der Waals surface area contributed by atoms with Crippen LogP contribution in [0.4, 0.5) is 0 Å². The zero-order valence-corrected chi connectivity index (χ0v) is 14.1. The quantitative estimate of drug-likeness (QED) is 0.625. The molecular formula is C19H25N3. The van der Waals surface area contributed by atoms with E-state index in [0.29, 0.717) is 17.7 Å². The molecule has 22 heavy (non-hydrogen) atoms. The fraction of sp³-hybridized carbons (Fsp3) is 0.368. The summed E-state index contributed by atoms with van der Waals surface area (Å²) in [5.74, 6) is 1.60. The first-order valence-electron chi connectivity index (χ1n) is 7.71. The molecule has 0 radical (unpaired) electrons. The van der Waals surface area contributed by atoms with Crippen LogP contribution in [0, 0.1) is 31.1 Å². The Morgan fingerprint density at radius 3 is 2.50 bits per heavy atom. The molecule has 0 heterocycles. The van der Waals surface area contributed by atoms with Gasteiger partial charge in [-0.25, -0.2) is 4.99 Å². The number of aliphatic imine (C=N–C) groups is 1. The van der Waals surface area contributed by atoms with Crippen molar-refractivity contribution in [2.75, 3.05) is 0 Å². The molecule has 1 unspecified atom stereocenters. The van der Waals surface area contributed by atoms with Gasteiger partial charge in [-0.1, -0.05) is 55.3 Å². The number of hydrogen-bond acceptors (Lipinski definition) is 1. The van der Waals surface area contributed by atoms with Gasteiger partial charge in [0.1, 0.15) is 5.84 Å². The number of hydrogen-bond donors (Lipinski definition) is 2. The van der Waals surface area contributed by atoms with Gasteiger partial charge in [0.05, 0.1) is 0 Å². The van der Waals surface area contributed by atoms with E-state index < -0.39 is 0 Å². The Hall–Kier alpha value is -2.16. The Balaban J connectivity index is 2.33. The van der Waals surface area contributed by atoms with Crippen LogP contribution in [0.3, 0.4) is 0 Å². The molecule has 3 heteroatoms. The van der Waals surface area contributed by atoms with E-state index in [-0.39, 0.29) is 5.84 Å². The van der Waals surface area contributed by atoms with Gasteiger partial charge in [-0.05, 0) is 38.2 Å². The van der Waals surface area contributed by atoms with Crippen LogP contribution < -0.4 is 5.73 Å². The third kappa shape index (κ3) is 3.19. The molecule has 0 aliphatic heterocycles. The molecule has 2 atom stereocenters. The van der Waals surface area contributed by atoms with Crippen LogP contribution in [0.2, 0.25) is 0 Å². The zero-order chi connectivity index (χ0) is 16.4. The van der Waals surface area contributed by atoms with Gasteiger partial charge in [0.2, 0.25) is 0 Å². The van der Waals surface area contributed by atoms with E-state index in [1.807, 2.05) is 32.1 Å².